The molecule has 0 aliphatic heterocycles. The number of hydrogen-bond acceptors (Lipinski definition) is 6. The third-order valence-electron chi connectivity index (χ3n) is 2.68. The molecule has 0 aromatic heterocycles. The minimum absolute atomic E-state index is 0.000477. The summed E-state index contributed by atoms with van der Waals surface area (Å²) in [4.78, 5) is 9.93. The zero-order valence-corrected chi connectivity index (χ0v) is 12.4. The van der Waals surface area contributed by atoms with Crippen molar-refractivity contribution in [3.05, 3.63) is 58.6 Å². The summed E-state index contributed by atoms with van der Waals surface area (Å²) >= 11 is 0. The molecule has 0 N–H and O–H groups in total. The summed E-state index contributed by atoms with van der Waals surface area (Å²) in [6.45, 7) is 2.30. The molecule has 0 saturated heterocycles. The molecule has 0 amide bonds. The van der Waals surface area contributed by atoms with Crippen LogP contribution < -0.4 is 8.92 Å². The minimum atomic E-state index is -4.00. The summed E-state index contributed by atoms with van der Waals surface area (Å²) in [5.41, 5.74) is -0.147. The molecule has 0 aliphatic carbocycles. The molecule has 22 heavy (non-hydrogen) atoms. The fourth-order valence-corrected chi connectivity index (χ4v) is 2.60. The van der Waals surface area contributed by atoms with Crippen LogP contribution in [0.3, 0.4) is 0 Å². The van der Waals surface area contributed by atoms with E-state index in [4.69, 9.17) is 8.92 Å². The Bertz CT molecular complexity index is 753. The van der Waals surface area contributed by atoms with Gasteiger partial charge in [0.2, 0.25) is 0 Å². The van der Waals surface area contributed by atoms with E-state index in [1.54, 1.807) is 0 Å². The molecule has 0 atom stereocenters. The van der Waals surface area contributed by atoms with E-state index in [-0.39, 0.29) is 16.3 Å². The Morgan fingerprint density at radius 1 is 1.00 bits per heavy atom. The predicted molar refractivity (Wildman–Crippen MR) is 78.5 cm³/mol. The summed E-state index contributed by atoms with van der Waals surface area (Å²) in [5.74, 6) is 0.552. The van der Waals surface area contributed by atoms with Crippen molar-refractivity contribution in [1.82, 2.24) is 0 Å². The molecule has 0 bridgehead atoms. The molecule has 8 heteroatoms. The Balaban J connectivity index is 2.18. The van der Waals surface area contributed by atoms with Gasteiger partial charge in [0, 0.05) is 12.1 Å². The van der Waals surface area contributed by atoms with E-state index >= 15 is 0 Å². The summed E-state index contributed by atoms with van der Waals surface area (Å²) in [7, 11) is -4.00. The van der Waals surface area contributed by atoms with E-state index in [9.17, 15) is 18.5 Å². The highest BCUT2D eigenvalue weighted by atomic mass is 32.2. The Kier molecular flexibility index (Phi) is 4.62. The smallest absolute Gasteiger partial charge is 0.339 e. The molecular weight excluding hydrogens is 310 g/mol. The van der Waals surface area contributed by atoms with E-state index in [0.29, 0.717) is 12.4 Å². The highest BCUT2D eigenvalue weighted by Crippen LogP contribution is 2.23. The number of rotatable bonds is 6. The molecule has 7 nitrogen and oxygen atoms in total. The van der Waals surface area contributed by atoms with Crippen molar-refractivity contribution in [2.75, 3.05) is 6.61 Å². The second kappa shape index (κ2) is 6.44. The van der Waals surface area contributed by atoms with Gasteiger partial charge in [0.05, 0.1) is 11.5 Å². The number of nitro groups is 1. The van der Waals surface area contributed by atoms with Crippen LogP contribution in [0.2, 0.25) is 0 Å². The first-order chi connectivity index (χ1) is 10.4. The van der Waals surface area contributed by atoms with Crippen LogP contribution in [-0.4, -0.2) is 19.9 Å². The van der Waals surface area contributed by atoms with E-state index in [2.05, 4.69) is 0 Å². The second-order valence-corrected chi connectivity index (χ2v) is 5.74. The Hall–Kier alpha value is -2.61. The second-order valence-electron chi connectivity index (χ2n) is 4.19. The standard InChI is InChI=1S/C14H13NO6S/c1-2-20-12-7-9-14(10-8-12)22(18,19)21-13-5-3-11(4-6-13)15(16)17/h3-10H,2H2,1H3. The topological polar surface area (TPSA) is 95.7 Å². The highest BCUT2D eigenvalue weighted by Gasteiger charge is 2.17. The Labute approximate surface area is 127 Å². The number of non-ortho nitro benzene ring substituents is 1. The molecule has 0 heterocycles. The van der Waals surface area contributed by atoms with Gasteiger partial charge in [0.25, 0.3) is 5.69 Å². The fraction of sp³-hybridized carbons (Fsp3) is 0.143. The van der Waals surface area contributed by atoms with Crippen LogP contribution >= 0.6 is 0 Å². The number of nitro benzene ring substituents is 1. The summed E-state index contributed by atoms with van der Waals surface area (Å²) in [6, 6.07) is 10.6. The molecule has 116 valence electrons. The van der Waals surface area contributed by atoms with E-state index < -0.39 is 15.0 Å². The zero-order chi connectivity index (χ0) is 16.2. The van der Waals surface area contributed by atoms with Crippen molar-refractivity contribution in [3.8, 4) is 11.5 Å². The highest BCUT2D eigenvalue weighted by molar-refractivity contribution is 7.87. The summed E-state index contributed by atoms with van der Waals surface area (Å²) in [5, 5.41) is 10.5. The molecule has 2 rings (SSSR count). The normalized spacial score (nSPS) is 11.0. The number of benzene rings is 2. The number of hydrogen-bond donors (Lipinski definition) is 0. The Morgan fingerprint density at radius 2 is 1.55 bits per heavy atom. The van der Waals surface area contributed by atoms with Crippen LogP contribution in [-0.2, 0) is 10.1 Å². The monoisotopic (exact) mass is 323 g/mol. The van der Waals surface area contributed by atoms with Gasteiger partial charge < -0.3 is 8.92 Å². The van der Waals surface area contributed by atoms with Crippen LogP contribution in [0.5, 0.6) is 11.5 Å². The molecule has 0 fully saturated rings. The lowest BCUT2D eigenvalue weighted by atomic mass is 10.3. The molecule has 0 aliphatic rings. The van der Waals surface area contributed by atoms with E-state index in [0.717, 1.165) is 0 Å². The van der Waals surface area contributed by atoms with Crippen molar-refractivity contribution < 1.29 is 22.3 Å². The van der Waals surface area contributed by atoms with Gasteiger partial charge >= 0.3 is 10.1 Å². The maximum absolute atomic E-state index is 12.1. The van der Waals surface area contributed by atoms with Crippen LogP contribution in [0.1, 0.15) is 6.92 Å². The maximum atomic E-state index is 12.1. The number of nitrogens with zero attached hydrogens (tertiary/aromatic N) is 1. The van der Waals surface area contributed by atoms with E-state index in [1.807, 2.05) is 6.92 Å². The lowest BCUT2D eigenvalue weighted by Gasteiger charge is -2.08. The molecule has 0 spiro atoms. The summed E-state index contributed by atoms with van der Waals surface area (Å²) in [6.07, 6.45) is 0. The maximum Gasteiger partial charge on any atom is 0.339 e. The molecule has 0 radical (unpaired) electrons. The lowest BCUT2D eigenvalue weighted by molar-refractivity contribution is -0.384. The van der Waals surface area contributed by atoms with Crippen LogP contribution in [0, 0.1) is 10.1 Å². The molecule has 2 aromatic carbocycles. The van der Waals surface area contributed by atoms with Gasteiger partial charge in [-0.2, -0.15) is 8.42 Å². The minimum Gasteiger partial charge on any atom is -0.494 e. The zero-order valence-electron chi connectivity index (χ0n) is 11.6. The van der Waals surface area contributed by atoms with Crippen molar-refractivity contribution in [3.63, 3.8) is 0 Å². The largest absolute Gasteiger partial charge is 0.494 e. The molecule has 2 aromatic rings. The summed E-state index contributed by atoms with van der Waals surface area (Å²) < 4.78 is 34.3. The van der Waals surface area contributed by atoms with Gasteiger partial charge in [0.1, 0.15) is 16.4 Å². The first kappa shape index (κ1) is 15.8. The van der Waals surface area contributed by atoms with Crippen LogP contribution in [0.25, 0.3) is 0 Å². The molecular formula is C14H13NO6S. The fourth-order valence-electron chi connectivity index (χ4n) is 1.67. The van der Waals surface area contributed by atoms with Gasteiger partial charge in [-0.15, -0.1) is 0 Å². The van der Waals surface area contributed by atoms with Crippen LogP contribution in [0.15, 0.2) is 53.4 Å². The SMILES string of the molecule is CCOc1ccc(S(=O)(=O)Oc2ccc([N+](=O)[O-])cc2)cc1. The first-order valence-corrected chi connectivity index (χ1v) is 7.75. The van der Waals surface area contributed by atoms with Gasteiger partial charge in [-0.25, -0.2) is 0 Å². The third kappa shape index (κ3) is 3.73. The molecule has 0 unspecified atom stereocenters. The van der Waals surface area contributed by atoms with Crippen molar-refractivity contribution in [1.29, 1.82) is 0 Å². The van der Waals surface area contributed by atoms with Gasteiger partial charge in [0.15, 0.2) is 0 Å². The average molecular weight is 323 g/mol. The average Bonchev–Trinajstić information content (AvgIpc) is 2.48. The quantitative estimate of drug-likeness (QED) is 0.461. The lowest BCUT2D eigenvalue weighted by Crippen LogP contribution is -2.09. The Morgan fingerprint density at radius 3 is 2.05 bits per heavy atom. The third-order valence-corrected chi connectivity index (χ3v) is 3.94. The van der Waals surface area contributed by atoms with Gasteiger partial charge in [-0.1, -0.05) is 0 Å². The van der Waals surface area contributed by atoms with Gasteiger partial charge in [-0.05, 0) is 43.3 Å². The van der Waals surface area contributed by atoms with Crippen molar-refractivity contribution in [2.24, 2.45) is 0 Å². The predicted octanol–water partition coefficient (Wildman–Crippen LogP) is 2.76. The first-order valence-electron chi connectivity index (χ1n) is 6.34. The number of ether oxygens (including phenoxy) is 1. The van der Waals surface area contributed by atoms with Crippen molar-refractivity contribution in [2.45, 2.75) is 11.8 Å². The van der Waals surface area contributed by atoms with Gasteiger partial charge in [-0.3, -0.25) is 10.1 Å². The van der Waals surface area contributed by atoms with E-state index in [1.165, 1.54) is 48.5 Å². The molecule has 0 saturated carbocycles. The van der Waals surface area contributed by atoms with Crippen LogP contribution in [0.4, 0.5) is 5.69 Å². The van der Waals surface area contributed by atoms with Crippen molar-refractivity contribution >= 4 is 15.8 Å².